The van der Waals surface area contributed by atoms with E-state index in [1.54, 1.807) is 0 Å². The zero-order chi connectivity index (χ0) is 12.1. The van der Waals surface area contributed by atoms with Gasteiger partial charge in [0.1, 0.15) is 0 Å². The molecule has 17 heavy (non-hydrogen) atoms. The lowest BCUT2D eigenvalue weighted by atomic mass is 10.1. The first-order chi connectivity index (χ1) is 8.29. The Labute approximate surface area is 104 Å². The van der Waals surface area contributed by atoms with Crippen LogP contribution in [0.4, 0.5) is 0 Å². The Bertz CT molecular complexity index is 219. The fourth-order valence-electron chi connectivity index (χ4n) is 3.10. The summed E-state index contributed by atoms with van der Waals surface area (Å²) < 4.78 is 0. The minimum absolute atomic E-state index is 0.181. The van der Waals surface area contributed by atoms with Crippen molar-refractivity contribution in [3.63, 3.8) is 0 Å². The molecular weight excluding hydrogens is 216 g/mol. The van der Waals surface area contributed by atoms with Gasteiger partial charge < -0.3 is 15.1 Å². The van der Waals surface area contributed by atoms with Crippen molar-refractivity contribution in [1.82, 2.24) is 9.80 Å². The highest BCUT2D eigenvalue weighted by molar-refractivity contribution is 4.84. The minimum atomic E-state index is -0.234. The summed E-state index contributed by atoms with van der Waals surface area (Å²) in [6.45, 7) is 5.62. The van der Waals surface area contributed by atoms with Gasteiger partial charge in [0.15, 0.2) is 0 Å². The Kier molecular flexibility index (Phi) is 5.22. The Hall–Kier alpha value is -0.160. The van der Waals surface area contributed by atoms with Crippen LogP contribution in [-0.4, -0.2) is 71.5 Å². The molecule has 0 saturated carbocycles. The Balaban J connectivity index is 1.63. The highest BCUT2D eigenvalue weighted by atomic mass is 16.3. The fraction of sp³-hybridized carbons (Fsp3) is 1.00. The van der Waals surface area contributed by atoms with Crippen molar-refractivity contribution in [3.8, 4) is 0 Å². The average Bonchev–Trinajstić information content (AvgIpc) is 2.71. The molecule has 2 fully saturated rings. The van der Waals surface area contributed by atoms with E-state index in [1.807, 2.05) is 0 Å². The molecule has 2 heterocycles. The molecule has 2 atom stereocenters. The summed E-state index contributed by atoms with van der Waals surface area (Å²) in [7, 11) is 0. The summed E-state index contributed by atoms with van der Waals surface area (Å²) in [6.07, 6.45) is 5.75. The number of piperidine rings is 1. The summed E-state index contributed by atoms with van der Waals surface area (Å²) in [5, 5.41) is 18.8. The lowest BCUT2D eigenvalue weighted by molar-refractivity contribution is 0.144. The van der Waals surface area contributed by atoms with Crippen molar-refractivity contribution in [1.29, 1.82) is 0 Å². The quantitative estimate of drug-likeness (QED) is 0.727. The van der Waals surface area contributed by atoms with Gasteiger partial charge in [-0.25, -0.2) is 0 Å². The Morgan fingerprint density at radius 1 is 1.06 bits per heavy atom. The van der Waals surface area contributed by atoms with Gasteiger partial charge in [-0.2, -0.15) is 0 Å². The predicted octanol–water partition coefficient (Wildman–Crippen LogP) is 0.290. The number of likely N-dealkylation sites (tertiary alicyclic amines) is 2. The molecule has 4 heteroatoms. The number of nitrogens with zero attached hydrogens (tertiary/aromatic N) is 2. The van der Waals surface area contributed by atoms with Crippen molar-refractivity contribution >= 4 is 0 Å². The van der Waals surface area contributed by atoms with Crippen LogP contribution >= 0.6 is 0 Å². The van der Waals surface area contributed by atoms with Crippen LogP contribution in [0.15, 0.2) is 0 Å². The second kappa shape index (κ2) is 6.69. The molecule has 0 radical (unpaired) electrons. The number of aliphatic hydroxyl groups excluding tert-OH is 2. The minimum Gasteiger partial charge on any atom is -0.395 e. The number of hydrogen-bond acceptors (Lipinski definition) is 4. The number of β-amino-alcohol motifs (C(OH)–C–C–N with tert-alkyl or cyclic N) is 1. The molecule has 0 aromatic heterocycles. The van der Waals surface area contributed by atoms with E-state index in [-0.39, 0.29) is 18.8 Å². The molecule has 2 saturated heterocycles. The van der Waals surface area contributed by atoms with Crippen LogP contribution in [0.1, 0.15) is 32.1 Å². The van der Waals surface area contributed by atoms with E-state index >= 15 is 0 Å². The van der Waals surface area contributed by atoms with Crippen LogP contribution in [0.3, 0.4) is 0 Å². The van der Waals surface area contributed by atoms with Crippen LogP contribution in [0, 0.1) is 0 Å². The summed E-state index contributed by atoms with van der Waals surface area (Å²) in [5.74, 6) is 0. The molecule has 100 valence electrons. The zero-order valence-electron chi connectivity index (χ0n) is 10.7. The van der Waals surface area contributed by atoms with Gasteiger partial charge in [0, 0.05) is 12.6 Å². The number of hydrogen-bond donors (Lipinski definition) is 2. The van der Waals surface area contributed by atoms with E-state index in [1.165, 1.54) is 38.9 Å². The molecule has 4 nitrogen and oxygen atoms in total. The SMILES string of the molecule is OC[C@H]1C[C@H](O)CN1CCCN1CCCCC1. The second-order valence-corrected chi connectivity index (χ2v) is 5.48. The van der Waals surface area contributed by atoms with E-state index in [0.717, 1.165) is 25.9 Å². The topological polar surface area (TPSA) is 46.9 Å². The molecule has 0 aromatic carbocycles. The van der Waals surface area contributed by atoms with Crippen molar-refractivity contribution in [3.05, 3.63) is 0 Å². The van der Waals surface area contributed by atoms with E-state index in [0.29, 0.717) is 0 Å². The normalized spacial score (nSPS) is 32.1. The van der Waals surface area contributed by atoms with E-state index in [9.17, 15) is 10.2 Å². The number of rotatable bonds is 5. The van der Waals surface area contributed by atoms with E-state index in [2.05, 4.69) is 9.80 Å². The first-order valence-corrected chi connectivity index (χ1v) is 7.05. The molecular formula is C13H26N2O2. The van der Waals surface area contributed by atoms with Gasteiger partial charge >= 0.3 is 0 Å². The smallest absolute Gasteiger partial charge is 0.0683 e. The standard InChI is InChI=1S/C13H26N2O2/c16-11-12-9-13(17)10-15(12)8-4-7-14-5-2-1-3-6-14/h12-13,16-17H,1-11H2/t12-,13+/m1/s1. The van der Waals surface area contributed by atoms with Crippen LogP contribution in [0.2, 0.25) is 0 Å². The highest BCUT2D eigenvalue weighted by Gasteiger charge is 2.29. The molecule has 2 rings (SSSR count). The van der Waals surface area contributed by atoms with E-state index < -0.39 is 0 Å². The van der Waals surface area contributed by atoms with Crippen molar-refractivity contribution < 1.29 is 10.2 Å². The summed E-state index contributed by atoms with van der Waals surface area (Å²) >= 11 is 0. The van der Waals surface area contributed by atoms with Crippen molar-refractivity contribution in [2.75, 3.05) is 39.3 Å². The van der Waals surface area contributed by atoms with E-state index in [4.69, 9.17) is 0 Å². The van der Waals surface area contributed by atoms with Gasteiger partial charge in [0.2, 0.25) is 0 Å². The third kappa shape index (κ3) is 3.91. The maximum Gasteiger partial charge on any atom is 0.0683 e. The molecule has 0 aliphatic carbocycles. The van der Waals surface area contributed by atoms with Gasteiger partial charge in [-0.05, 0) is 51.9 Å². The van der Waals surface area contributed by atoms with Gasteiger partial charge in [-0.1, -0.05) is 6.42 Å². The Morgan fingerprint density at radius 3 is 2.53 bits per heavy atom. The summed E-state index contributed by atoms with van der Waals surface area (Å²) in [5.41, 5.74) is 0. The Morgan fingerprint density at radius 2 is 1.82 bits per heavy atom. The van der Waals surface area contributed by atoms with Crippen LogP contribution < -0.4 is 0 Å². The third-order valence-corrected chi connectivity index (χ3v) is 4.08. The maximum absolute atomic E-state index is 9.59. The van der Waals surface area contributed by atoms with Crippen LogP contribution in [0.25, 0.3) is 0 Å². The van der Waals surface area contributed by atoms with Gasteiger partial charge in [-0.3, -0.25) is 4.90 Å². The average molecular weight is 242 g/mol. The van der Waals surface area contributed by atoms with Crippen LogP contribution in [-0.2, 0) is 0 Å². The summed E-state index contributed by atoms with van der Waals surface area (Å²) in [4.78, 5) is 4.79. The molecule has 0 spiro atoms. The molecule has 0 amide bonds. The number of aliphatic hydroxyl groups is 2. The lowest BCUT2D eigenvalue weighted by Gasteiger charge is -2.28. The van der Waals surface area contributed by atoms with Crippen molar-refractivity contribution in [2.45, 2.75) is 44.2 Å². The highest BCUT2D eigenvalue weighted by Crippen LogP contribution is 2.18. The summed E-state index contributed by atoms with van der Waals surface area (Å²) in [6, 6.07) is 0.186. The second-order valence-electron chi connectivity index (χ2n) is 5.48. The first kappa shape index (κ1) is 13.3. The molecule has 2 aliphatic rings. The molecule has 0 unspecified atom stereocenters. The van der Waals surface area contributed by atoms with Gasteiger partial charge in [0.05, 0.1) is 12.7 Å². The maximum atomic E-state index is 9.59. The fourth-order valence-corrected chi connectivity index (χ4v) is 3.10. The first-order valence-electron chi connectivity index (χ1n) is 7.05. The molecule has 0 bridgehead atoms. The molecule has 0 aromatic rings. The zero-order valence-corrected chi connectivity index (χ0v) is 10.7. The van der Waals surface area contributed by atoms with Crippen molar-refractivity contribution in [2.24, 2.45) is 0 Å². The molecule has 2 N–H and O–H groups in total. The van der Waals surface area contributed by atoms with Crippen LogP contribution in [0.5, 0.6) is 0 Å². The van der Waals surface area contributed by atoms with Gasteiger partial charge in [-0.15, -0.1) is 0 Å². The predicted molar refractivity (Wildman–Crippen MR) is 68.0 cm³/mol. The van der Waals surface area contributed by atoms with Gasteiger partial charge in [0.25, 0.3) is 0 Å². The largest absolute Gasteiger partial charge is 0.395 e. The molecule has 2 aliphatic heterocycles. The third-order valence-electron chi connectivity index (χ3n) is 4.08. The monoisotopic (exact) mass is 242 g/mol. The lowest BCUT2D eigenvalue weighted by Crippen LogP contribution is -2.36.